The van der Waals surface area contributed by atoms with Crippen LogP contribution >= 0.6 is 11.6 Å². The zero-order chi connectivity index (χ0) is 26.1. The second-order valence-corrected chi connectivity index (χ2v) is 7.85. The van der Waals surface area contributed by atoms with Gasteiger partial charge >= 0.3 is 0 Å². The van der Waals surface area contributed by atoms with Crippen molar-refractivity contribution >= 4 is 35.2 Å². The summed E-state index contributed by atoms with van der Waals surface area (Å²) in [4.78, 5) is 12.5. The first-order valence-electron chi connectivity index (χ1n) is 10.9. The molecule has 3 aromatic carbocycles. The predicted molar refractivity (Wildman–Crippen MR) is 143 cm³/mol. The predicted octanol–water partition coefficient (Wildman–Crippen LogP) is 6.36. The molecule has 0 aromatic heterocycles. The van der Waals surface area contributed by atoms with E-state index in [2.05, 4.69) is 5.32 Å². The Bertz CT molecular complexity index is 1260. The third-order valence-electron chi connectivity index (χ3n) is 5.29. The van der Waals surface area contributed by atoms with Gasteiger partial charge in [-0.2, -0.15) is 0 Å². The molecule has 0 radical (unpaired) electrons. The van der Waals surface area contributed by atoms with Gasteiger partial charge in [-0.3, -0.25) is 4.79 Å². The Kier molecular flexibility index (Phi) is 9.25. The van der Waals surface area contributed by atoms with Crippen molar-refractivity contribution in [3.63, 3.8) is 0 Å². The van der Waals surface area contributed by atoms with Crippen molar-refractivity contribution in [2.45, 2.75) is 0 Å². The second kappa shape index (κ2) is 12.6. The van der Waals surface area contributed by atoms with Crippen molar-refractivity contribution in [1.29, 1.82) is 0 Å². The number of ether oxygens (including phenoxy) is 5. The minimum Gasteiger partial charge on any atom is -0.495 e. The maximum Gasteiger partial charge on any atom is 0.203 e. The Morgan fingerprint density at radius 3 is 1.92 bits per heavy atom. The summed E-state index contributed by atoms with van der Waals surface area (Å²) >= 11 is 6.12. The molecule has 7 nitrogen and oxygen atoms in total. The molecule has 0 aliphatic rings. The van der Waals surface area contributed by atoms with Gasteiger partial charge in [-0.05, 0) is 53.6 Å². The number of carbonyl (C=O) groups excluding carboxylic acids is 1. The number of methoxy groups -OCH3 is 5. The van der Waals surface area contributed by atoms with Gasteiger partial charge in [0.2, 0.25) is 5.75 Å². The largest absolute Gasteiger partial charge is 0.495 e. The van der Waals surface area contributed by atoms with E-state index in [1.54, 1.807) is 52.8 Å². The molecule has 1 N–H and O–H groups in total. The van der Waals surface area contributed by atoms with Crippen LogP contribution in [0.5, 0.6) is 28.7 Å². The highest BCUT2D eigenvalue weighted by atomic mass is 35.5. The van der Waals surface area contributed by atoms with E-state index < -0.39 is 0 Å². The summed E-state index contributed by atoms with van der Waals surface area (Å²) in [5, 5.41) is 3.49. The lowest BCUT2D eigenvalue weighted by Crippen LogP contribution is -1.98. The Morgan fingerprint density at radius 1 is 0.722 bits per heavy atom. The van der Waals surface area contributed by atoms with Gasteiger partial charge in [-0.1, -0.05) is 29.8 Å². The summed E-state index contributed by atoms with van der Waals surface area (Å²) in [5.41, 5.74) is 2.93. The molecule has 188 valence electrons. The van der Waals surface area contributed by atoms with Crippen LogP contribution in [-0.4, -0.2) is 41.3 Å². The summed E-state index contributed by atoms with van der Waals surface area (Å²) in [6.07, 6.45) is 6.86. The molecule has 3 aromatic rings. The summed E-state index contributed by atoms with van der Waals surface area (Å²) in [6.45, 7) is 0. The van der Waals surface area contributed by atoms with E-state index in [0.29, 0.717) is 45.0 Å². The van der Waals surface area contributed by atoms with Crippen molar-refractivity contribution in [3.05, 3.63) is 82.5 Å². The summed E-state index contributed by atoms with van der Waals surface area (Å²) in [6, 6.07) is 14.3. The lowest BCUT2D eigenvalue weighted by molar-refractivity contribution is 0.104. The number of halogens is 1. The van der Waals surface area contributed by atoms with E-state index >= 15 is 0 Å². The molecule has 0 aliphatic carbocycles. The van der Waals surface area contributed by atoms with E-state index in [1.165, 1.54) is 13.2 Å². The molecular formula is C28H28ClNO6. The Balaban J connectivity index is 1.79. The van der Waals surface area contributed by atoms with Crippen molar-refractivity contribution < 1.29 is 28.5 Å². The smallest absolute Gasteiger partial charge is 0.203 e. The molecule has 0 atom stereocenters. The van der Waals surface area contributed by atoms with Crippen LogP contribution in [0.3, 0.4) is 0 Å². The van der Waals surface area contributed by atoms with E-state index in [0.717, 1.165) is 11.1 Å². The van der Waals surface area contributed by atoms with E-state index in [9.17, 15) is 4.79 Å². The lowest BCUT2D eigenvalue weighted by Gasteiger charge is -2.13. The third kappa shape index (κ3) is 6.31. The van der Waals surface area contributed by atoms with Crippen LogP contribution in [-0.2, 0) is 0 Å². The highest BCUT2D eigenvalue weighted by Gasteiger charge is 2.12. The van der Waals surface area contributed by atoms with Crippen molar-refractivity contribution in [3.8, 4) is 28.7 Å². The minimum absolute atomic E-state index is 0.204. The Labute approximate surface area is 215 Å². The van der Waals surface area contributed by atoms with Gasteiger partial charge in [0, 0.05) is 17.8 Å². The average molecular weight is 510 g/mol. The van der Waals surface area contributed by atoms with Crippen LogP contribution in [0.2, 0.25) is 5.02 Å². The van der Waals surface area contributed by atoms with Gasteiger partial charge in [0.15, 0.2) is 17.3 Å². The van der Waals surface area contributed by atoms with Crippen LogP contribution in [0.4, 0.5) is 5.69 Å². The second-order valence-electron chi connectivity index (χ2n) is 7.44. The SMILES string of the molecule is COc1ccc(C(=O)C=CNc2cc(C=Cc3cc(OC)c(OC)c(OC)c3)ccc2OC)cc1Cl. The molecule has 0 saturated carbocycles. The molecule has 0 unspecified atom stereocenters. The maximum atomic E-state index is 12.5. The van der Waals surface area contributed by atoms with Crippen molar-refractivity contribution in [2.24, 2.45) is 0 Å². The highest BCUT2D eigenvalue weighted by molar-refractivity contribution is 6.32. The van der Waals surface area contributed by atoms with Crippen LogP contribution in [0.1, 0.15) is 21.5 Å². The zero-order valence-electron chi connectivity index (χ0n) is 20.8. The molecule has 0 saturated heterocycles. The fourth-order valence-corrected chi connectivity index (χ4v) is 3.71. The van der Waals surface area contributed by atoms with Crippen LogP contribution in [0.25, 0.3) is 12.2 Å². The topological polar surface area (TPSA) is 75.3 Å². The van der Waals surface area contributed by atoms with Gasteiger partial charge in [0.05, 0.1) is 46.3 Å². The first kappa shape index (κ1) is 26.5. The Hall–Kier alpha value is -4.10. The fraction of sp³-hybridized carbons (Fsp3) is 0.179. The number of anilines is 1. The highest BCUT2D eigenvalue weighted by Crippen LogP contribution is 2.38. The quantitative estimate of drug-likeness (QED) is 0.183. The molecule has 8 heteroatoms. The number of hydrogen-bond acceptors (Lipinski definition) is 7. The maximum absolute atomic E-state index is 12.5. The van der Waals surface area contributed by atoms with E-state index in [4.69, 9.17) is 35.3 Å². The Morgan fingerprint density at radius 2 is 1.33 bits per heavy atom. The fourth-order valence-electron chi connectivity index (χ4n) is 3.46. The molecule has 0 amide bonds. The average Bonchev–Trinajstić information content (AvgIpc) is 2.91. The number of carbonyl (C=O) groups is 1. The number of rotatable bonds is 11. The summed E-state index contributed by atoms with van der Waals surface area (Å²) < 4.78 is 26.8. The van der Waals surface area contributed by atoms with E-state index in [1.807, 2.05) is 42.5 Å². The van der Waals surface area contributed by atoms with Gasteiger partial charge in [-0.25, -0.2) is 0 Å². The first-order valence-corrected chi connectivity index (χ1v) is 11.3. The normalized spacial score (nSPS) is 10.9. The lowest BCUT2D eigenvalue weighted by atomic mass is 10.1. The molecular weight excluding hydrogens is 482 g/mol. The van der Waals surface area contributed by atoms with Crippen molar-refractivity contribution in [1.82, 2.24) is 0 Å². The molecule has 0 bridgehead atoms. The number of ketones is 1. The van der Waals surface area contributed by atoms with Gasteiger partial charge in [-0.15, -0.1) is 0 Å². The van der Waals surface area contributed by atoms with Crippen LogP contribution < -0.4 is 29.0 Å². The van der Waals surface area contributed by atoms with Gasteiger partial charge in [0.25, 0.3) is 0 Å². The summed E-state index contributed by atoms with van der Waals surface area (Å²) in [7, 11) is 7.82. The van der Waals surface area contributed by atoms with Crippen LogP contribution in [0.15, 0.2) is 60.8 Å². The number of nitrogens with one attached hydrogen (secondary N) is 1. The third-order valence-corrected chi connectivity index (χ3v) is 5.58. The molecule has 0 fully saturated rings. The van der Waals surface area contributed by atoms with Gasteiger partial charge < -0.3 is 29.0 Å². The monoisotopic (exact) mass is 509 g/mol. The molecule has 0 aliphatic heterocycles. The van der Waals surface area contributed by atoms with E-state index in [-0.39, 0.29) is 5.78 Å². The van der Waals surface area contributed by atoms with Crippen LogP contribution in [0, 0.1) is 0 Å². The van der Waals surface area contributed by atoms with Crippen molar-refractivity contribution in [2.75, 3.05) is 40.9 Å². The molecule has 3 rings (SSSR count). The minimum atomic E-state index is -0.204. The summed E-state index contributed by atoms with van der Waals surface area (Å²) in [5.74, 6) is 2.61. The standard InChI is InChI=1S/C28H28ClNO6/c1-32-24-11-9-20(17-21(24)29)23(31)12-13-30-22-14-18(8-10-25(22)33-2)6-7-19-15-26(34-3)28(36-5)27(16-19)35-4/h6-17,30H,1-5H3. The molecule has 0 spiro atoms. The number of benzene rings is 3. The number of hydrogen-bond donors (Lipinski definition) is 1. The molecule has 0 heterocycles. The van der Waals surface area contributed by atoms with Gasteiger partial charge in [0.1, 0.15) is 11.5 Å². The number of allylic oxidation sites excluding steroid dienone is 1. The first-order chi connectivity index (χ1) is 17.4. The molecule has 36 heavy (non-hydrogen) atoms. The zero-order valence-corrected chi connectivity index (χ0v) is 21.5.